The molecule has 1 saturated heterocycles. The first kappa shape index (κ1) is 12.7. The van der Waals surface area contributed by atoms with E-state index >= 15 is 0 Å². The van der Waals surface area contributed by atoms with Gasteiger partial charge >= 0.3 is 0 Å². The zero-order valence-corrected chi connectivity index (χ0v) is 12.0. The summed E-state index contributed by atoms with van der Waals surface area (Å²) in [5, 5.41) is 0. The summed E-state index contributed by atoms with van der Waals surface area (Å²) in [6.45, 7) is 13.0. The first-order valence-corrected chi connectivity index (χ1v) is 6.90. The van der Waals surface area contributed by atoms with Crippen LogP contribution in [0, 0.1) is 0 Å². The highest BCUT2D eigenvalue weighted by Gasteiger charge is 2.23. The molecule has 0 radical (unpaired) electrons. The highest BCUT2D eigenvalue weighted by molar-refractivity contribution is 14.1. The summed E-state index contributed by atoms with van der Waals surface area (Å²) in [6, 6.07) is 1.43. The summed E-state index contributed by atoms with van der Waals surface area (Å²) < 4.78 is 0.673. The van der Waals surface area contributed by atoms with Crippen molar-refractivity contribution < 1.29 is 0 Å². The van der Waals surface area contributed by atoms with Gasteiger partial charge in [-0.25, -0.2) is 0 Å². The zero-order chi connectivity index (χ0) is 10.7. The lowest BCUT2D eigenvalue weighted by molar-refractivity contribution is 0.170. The molecule has 0 aliphatic carbocycles. The topological polar surface area (TPSA) is 6.48 Å². The van der Waals surface area contributed by atoms with E-state index in [0.717, 1.165) is 6.04 Å². The summed E-state index contributed by atoms with van der Waals surface area (Å²) in [7, 11) is 0. The summed E-state index contributed by atoms with van der Waals surface area (Å²) in [5.41, 5.74) is 0. The molecule has 0 bridgehead atoms. The third-order valence-electron chi connectivity index (χ3n) is 3.21. The molecule has 0 N–H and O–H groups in total. The lowest BCUT2D eigenvalue weighted by Gasteiger charge is -2.30. The first-order valence-electron chi connectivity index (χ1n) is 5.66. The molecule has 3 heteroatoms. The molecule has 1 fully saturated rings. The maximum atomic E-state index is 2.62. The molecule has 0 saturated carbocycles. The van der Waals surface area contributed by atoms with Crippen LogP contribution in [-0.4, -0.2) is 45.6 Å². The van der Waals surface area contributed by atoms with Crippen LogP contribution in [-0.2, 0) is 0 Å². The molecule has 0 aromatic rings. The minimum Gasteiger partial charge on any atom is -0.297 e. The van der Waals surface area contributed by atoms with Gasteiger partial charge in [0.2, 0.25) is 0 Å². The molecule has 1 rings (SSSR count). The standard InChI is InChI=1S/C11H23IN2/c1-9(2)14-8-7-13(11(4)12)6-5-10(14)3/h9-11H,5-8H2,1-4H3/t10-,11?/m0/s1. The predicted octanol–water partition coefficient (Wildman–Crippen LogP) is 2.57. The van der Waals surface area contributed by atoms with Crippen LogP contribution in [0.4, 0.5) is 0 Å². The smallest absolute Gasteiger partial charge is 0.0590 e. The van der Waals surface area contributed by atoms with Crippen molar-refractivity contribution in [2.24, 2.45) is 0 Å². The summed E-state index contributed by atoms with van der Waals surface area (Å²) in [5.74, 6) is 0. The average Bonchev–Trinajstić information content (AvgIpc) is 2.26. The molecule has 1 unspecified atom stereocenters. The fourth-order valence-corrected chi connectivity index (χ4v) is 2.77. The number of rotatable bonds is 2. The van der Waals surface area contributed by atoms with Gasteiger partial charge in [-0.05, 0) is 34.1 Å². The quantitative estimate of drug-likeness (QED) is 0.439. The Morgan fingerprint density at radius 2 is 1.79 bits per heavy atom. The molecule has 0 spiro atoms. The third-order valence-corrected chi connectivity index (χ3v) is 4.00. The van der Waals surface area contributed by atoms with E-state index in [2.05, 4.69) is 60.1 Å². The molecular formula is C11H23IN2. The fourth-order valence-electron chi connectivity index (χ4n) is 2.22. The van der Waals surface area contributed by atoms with Crippen LogP contribution in [0.3, 0.4) is 0 Å². The van der Waals surface area contributed by atoms with Crippen molar-refractivity contribution in [2.75, 3.05) is 19.6 Å². The fraction of sp³-hybridized carbons (Fsp3) is 1.00. The van der Waals surface area contributed by atoms with Crippen LogP contribution in [0.2, 0.25) is 0 Å². The summed E-state index contributed by atoms with van der Waals surface area (Å²) in [6.07, 6.45) is 1.31. The van der Waals surface area contributed by atoms with Gasteiger partial charge < -0.3 is 0 Å². The Morgan fingerprint density at radius 1 is 1.14 bits per heavy atom. The monoisotopic (exact) mass is 310 g/mol. The molecular weight excluding hydrogens is 287 g/mol. The predicted molar refractivity (Wildman–Crippen MR) is 71.0 cm³/mol. The van der Waals surface area contributed by atoms with Gasteiger partial charge in [0.1, 0.15) is 0 Å². The Balaban J connectivity index is 2.53. The maximum Gasteiger partial charge on any atom is 0.0590 e. The average molecular weight is 310 g/mol. The molecule has 0 amide bonds. The molecule has 1 aliphatic heterocycles. The second kappa shape index (κ2) is 5.66. The van der Waals surface area contributed by atoms with Gasteiger partial charge in [-0.1, -0.05) is 22.6 Å². The van der Waals surface area contributed by atoms with E-state index in [1.165, 1.54) is 26.1 Å². The Hall–Kier alpha value is 0.650. The van der Waals surface area contributed by atoms with Gasteiger partial charge in [0.15, 0.2) is 0 Å². The number of halogens is 1. The van der Waals surface area contributed by atoms with Crippen LogP contribution in [0.5, 0.6) is 0 Å². The van der Waals surface area contributed by atoms with E-state index in [-0.39, 0.29) is 0 Å². The maximum absolute atomic E-state index is 2.62. The van der Waals surface area contributed by atoms with Crippen molar-refractivity contribution in [3.05, 3.63) is 0 Å². The Bertz CT molecular complexity index is 171. The number of hydrogen-bond acceptors (Lipinski definition) is 2. The van der Waals surface area contributed by atoms with Crippen LogP contribution in [0.15, 0.2) is 0 Å². The van der Waals surface area contributed by atoms with Crippen LogP contribution in [0.1, 0.15) is 34.1 Å². The minimum absolute atomic E-state index is 0.673. The highest BCUT2D eigenvalue weighted by atomic mass is 127. The number of alkyl halides is 1. The molecule has 0 aromatic carbocycles. The Labute approximate surface area is 102 Å². The SMILES string of the molecule is CC(I)N1CC[C@H](C)N(C(C)C)CC1. The number of nitrogens with zero attached hydrogens (tertiary/aromatic N) is 2. The third kappa shape index (κ3) is 3.35. The van der Waals surface area contributed by atoms with Crippen molar-refractivity contribution in [1.29, 1.82) is 0 Å². The molecule has 2 nitrogen and oxygen atoms in total. The molecule has 84 valence electrons. The highest BCUT2D eigenvalue weighted by Crippen LogP contribution is 2.17. The number of hydrogen-bond donors (Lipinski definition) is 0. The molecule has 0 aromatic heterocycles. The molecule has 1 aliphatic rings. The van der Waals surface area contributed by atoms with Crippen LogP contribution in [0.25, 0.3) is 0 Å². The van der Waals surface area contributed by atoms with Gasteiger partial charge in [-0.2, -0.15) is 0 Å². The van der Waals surface area contributed by atoms with Crippen molar-refractivity contribution >= 4 is 22.6 Å². The van der Waals surface area contributed by atoms with Crippen molar-refractivity contribution in [3.63, 3.8) is 0 Å². The second-order valence-electron chi connectivity index (χ2n) is 4.58. The van der Waals surface area contributed by atoms with Crippen LogP contribution < -0.4 is 0 Å². The van der Waals surface area contributed by atoms with Crippen molar-refractivity contribution in [3.8, 4) is 0 Å². The summed E-state index contributed by atoms with van der Waals surface area (Å²) in [4.78, 5) is 5.21. The van der Waals surface area contributed by atoms with Gasteiger partial charge in [0, 0.05) is 31.7 Å². The molecule has 2 atom stereocenters. The van der Waals surface area contributed by atoms with E-state index in [9.17, 15) is 0 Å². The Kier molecular flexibility index (Phi) is 5.14. The molecule has 1 heterocycles. The van der Waals surface area contributed by atoms with Gasteiger partial charge in [0.25, 0.3) is 0 Å². The van der Waals surface area contributed by atoms with Gasteiger partial charge in [0.05, 0.1) is 4.05 Å². The van der Waals surface area contributed by atoms with Gasteiger partial charge in [-0.15, -0.1) is 0 Å². The largest absolute Gasteiger partial charge is 0.297 e. The van der Waals surface area contributed by atoms with E-state index in [1.807, 2.05) is 0 Å². The zero-order valence-electron chi connectivity index (χ0n) is 9.83. The van der Waals surface area contributed by atoms with E-state index < -0.39 is 0 Å². The first-order chi connectivity index (χ1) is 6.52. The van der Waals surface area contributed by atoms with Crippen LogP contribution >= 0.6 is 22.6 Å². The Morgan fingerprint density at radius 3 is 2.29 bits per heavy atom. The lowest BCUT2D eigenvalue weighted by atomic mass is 10.2. The second-order valence-corrected chi connectivity index (χ2v) is 6.38. The van der Waals surface area contributed by atoms with Gasteiger partial charge in [-0.3, -0.25) is 9.80 Å². The van der Waals surface area contributed by atoms with Crippen molar-refractivity contribution in [2.45, 2.75) is 50.2 Å². The van der Waals surface area contributed by atoms with Crippen molar-refractivity contribution in [1.82, 2.24) is 9.80 Å². The summed E-state index contributed by atoms with van der Waals surface area (Å²) >= 11 is 2.52. The minimum atomic E-state index is 0.673. The van der Waals surface area contributed by atoms with E-state index in [1.54, 1.807) is 0 Å². The normalized spacial score (nSPS) is 29.1. The van der Waals surface area contributed by atoms with E-state index in [4.69, 9.17) is 0 Å². The lowest BCUT2D eigenvalue weighted by Crippen LogP contribution is -2.40. The molecule has 14 heavy (non-hydrogen) atoms. The van der Waals surface area contributed by atoms with E-state index in [0.29, 0.717) is 10.1 Å².